The lowest BCUT2D eigenvalue weighted by Crippen LogP contribution is -2.47. The maximum absolute atomic E-state index is 12.0. The highest BCUT2D eigenvalue weighted by atomic mass is 35.5. The van der Waals surface area contributed by atoms with Crippen molar-refractivity contribution in [2.45, 2.75) is 26.2 Å². The van der Waals surface area contributed by atoms with E-state index in [4.69, 9.17) is 11.6 Å². The number of carboxylic acids is 1. The molecule has 1 saturated carbocycles. The van der Waals surface area contributed by atoms with Crippen LogP contribution in [0.25, 0.3) is 0 Å². The van der Waals surface area contributed by atoms with Crippen molar-refractivity contribution in [3.05, 3.63) is 34.3 Å². The van der Waals surface area contributed by atoms with Crippen LogP contribution >= 0.6 is 11.6 Å². The van der Waals surface area contributed by atoms with Crippen molar-refractivity contribution >= 4 is 23.5 Å². The van der Waals surface area contributed by atoms with Crippen molar-refractivity contribution in [1.82, 2.24) is 5.32 Å². The average Bonchev–Trinajstić information content (AvgIpc) is 2.25. The van der Waals surface area contributed by atoms with E-state index in [1.54, 1.807) is 18.2 Å². The number of rotatable bonds is 4. The van der Waals surface area contributed by atoms with Crippen LogP contribution in [0.5, 0.6) is 0 Å². The summed E-state index contributed by atoms with van der Waals surface area (Å²) < 4.78 is 0. The Hall–Kier alpha value is -1.55. The highest BCUT2D eigenvalue weighted by molar-refractivity contribution is 6.31. The van der Waals surface area contributed by atoms with Crippen molar-refractivity contribution in [1.29, 1.82) is 0 Å². The molecule has 1 aromatic carbocycles. The summed E-state index contributed by atoms with van der Waals surface area (Å²) in [4.78, 5) is 23.2. The van der Waals surface area contributed by atoms with Gasteiger partial charge in [0.2, 0.25) is 0 Å². The second-order valence-electron chi connectivity index (χ2n) is 5.14. The van der Waals surface area contributed by atoms with Gasteiger partial charge in [-0.3, -0.25) is 9.59 Å². The van der Waals surface area contributed by atoms with Crippen molar-refractivity contribution in [3.63, 3.8) is 0 Å². The van der Waals surface area contributed by atoms with E-state index < -0.39 is 11.4 Å². The predicted octanol–water partition coefficient (Wildman–Crippen LogP) is 2.63. The molecule has 1 aliphatic carbocycles. The van der Waals surface area contributed by atoms with Crippen molar-refractivity contribution in [2.75, 3.05) is 6.54 Å². The Morgan fingerprint density at radius 2 is 2.05 bits per heavy atom. The lowest BCUT2D eigenvalue weighted by Gasteiger charge is -2.37. The molecule has 0 aromatic heterocycles. The largest absolute Gasteiger partial charge is 0.481 e. The van der Waals surface area contributed by atoms with Gasteiger partial charge in [0.15, 0.2) is 0 Å². The third-order valence-corrected chi connectivity index (χ3v) is 3.87. The number of hydrogen-bond acceptors (Lipinski definition) is 2. The lowest BCUT2D eigenvalue weighted by molar-refractivity contribution is -0.153. The van der Waals surface area contributed by atoms with Crippen LogP contribution in [-0.4, -0.2) is 23.5 Å². The summed E-state index contributed by atoms with van der Waals surface area (Å²) in [5.41, 5.74) is 0.586. The van der Waals surface area contributed by atoms with Gasteiger partial charge >= 0.3 is 5.97 Å². The van der Waals surface area contributed by atoms with E-state index in [0.29, 0.717) is 23.4 Å². The Morgan fingerprint density at radius 1 is 1.37 bits per heavy atom. The summed E-state index contributed by atoms with van der Waals surface area (Å²) in [6.07, 6.45) is 2.15. The van der Waals surface area contributed by atoms with E-state index in [9.17, 15) is 14.7 Å². The van der Waals surface area contributed by atoms with Crippen LogP contribution in [0.15, 0.2) is 18.2 Å². The van der Waals surface area contributed by atoms with Crippen LogP contribution < -0.4 is 5.32 Å². The molecule has 0 spiro atoms. The van der Waals surface area contributed by atoms with Crippen LogP contribution in [0.3, 0.4) is 0 Å². The fraction of sp³-hybridized carbons (Fsp3) is 0.429. The smallest absolute Gasteiger partial charge is 0.311 e. The molecule has 1 amide bonds. The first-order valence-electron chi connectivity index (χ1n) is 6.22. The van der Waals surface area contributed by atoms with E-state index in [0.717, 1.165) is 12.0 Å². The van der Waals surface area contributed by atoms with Gasteiger partial charge in [-0.25, -0.2) is 0 Å². The molecule has 2 rings (SSSR count). The first kappa shape index (κ1) is 13.9. The number of aryl methyl sites for hydroxylation is 1. The zero-order valence-electron chi connectivity index (χ0n) is 10.7. The molecule has 1 fully saturated rings. The van der Waals surface area contributed by atoms with E-state index >= 15 is 0 Å². The number of carbonyl (C=O) groups excluding carboxylic acids is 1. The molecule has 0 heterocycles. The zero-order valence-corrected chi connectivity index (χ0v) is 11.5. The number of aliphatic carboxylic acids is 1. The molecule has 4 nitrogen and oxygen atoms in total. The maximum Gasteiger partial charge on any atom is 0.311 e. The fourth-order valence-electron chi connectivity index (χ4n) is 2.29. The Balaban J connectivity index is 2.03. The number of nitrogens with one attached hydrogen (secondary N) is 1. The number of carboxylic acid groups (broad SMARTS) is 1. The molecule has 102 valence electrons. The SMILES string of the molecule is Cc1cc(Cl)cc(C(=O)NCC2(C(=O)O)CCC2)c1. The molecule has 1 aromatic rings. The lowest BCUT2D eigenvalue weighted by atomic mass is 9.69. The zero-order chi connectivity index (χ0) is 14.0. The topological polar surface area (TPSA) is 66.4 Å². The van der Waals surface area contributed by atoms with Crippen LogP contribution in [0.4, 0.5) is 0 Å². The molecule has 19 heavy (non-hydrogen) atoms. The standard InChI is InChI=1S/C14H16ClNO3/c1-9-5-10(7-11(15)6-9)12(17)16-8-14(13(18)19)3-2-4-14/h5-7H,2-4,8H2,1H3,(H,16,17)(H,18,19). The quantitative estimate of drug-likeness (QED) is 0.891. The first-order valence-corrected chi connectivity index (χ1v) is 6.60. The molecule has 0 radical (unpaired) electrons. The maximum atomic E-state index is 12.0. The van der Waals surface area contributed by atoms with Gasteiger partial charge in [-0.2, -0.15) is 0 Å². The average molecular weight is 282 g/mol. The van der Waals surface area contributed by atoms with Gasteiger partial charge in [0.25, 0.3) is 5.91 Å². The molecular weight excluding hydrogens is 266 g/mol. The highest BCUT2D eigenvalue weighted by Crippen LogP contribution is 2.40. The summed E-state index contributed by atoms with van der Waals surface area (Å²) in [6, 6.07) is 5.08. The van der Waals surface area contributed by atoms with E-state index in [-0.39, 0.29) is 12.5 Å². The Morgan fingerprint density at radius 3 is 2.53 bits per heavy atom. The summed E-state index contributed by atoms with van der Waals surface area (Å²) >= 11 is 5.90. The van der Waals surface area contributed by atoms with Gasteiger partial charge in [-0.05, 0) is 43.5 Å². The third kappa shape index (κ3) is 2.89. The molecule has 5 heteroatoms. The van der Waals surface area contributed by atoms with Crippen LogP contribution in [0, 0.1) is 12.3 Å². The fourth-order valence-corrected chi connectivity index (χ4v) is 2.58. The molecule has 0 atom stereocenters. The summed E-state index contributed by atoms with van der Waals surface area (Å²) in [5.74, 6) is -1.11. The number of benzene rings is 1. The minimum absolute atomic E-state index is 0.173. The molecular formula is C14H16ClNO3. The summed E-state index contributed by atoms with van der Waals surface area (Å²) in [6.45, 7) is 2.03. The summed E-state index contributed by atoms with van der Waals surface area (Å²) in [7, 11) is 0. The molecule has 0 unspecified atom stereocenters. The Labute approximate surface area is 116 Å². The molecule has 0 saturated heterocycles. The monoisotopic (exact) mass is 281 g/mol. The van der Waals surface area contributed by atoms with Crippen molar-refractivity contribution in [2.24, 2.45) is 5.41 Å². The van der Waals surface area contributed by atoms with Crippen LogP contribution in [-0.2, 0) is 4.79 Å². The van der Waals surface area contributed by atoms with Gasteiger partial charge in [-0.15, -0.1) is 0 Å². The Kier molecular flexibility index (Phi) is 3.80. The normalized spacial score (nSPS) is 16.5. The number of carbonyl (C=O) groups is 2. The second kappa shape index (κ2) is 5.21. The van der Waals surface area contributed by atoms with Gasteiger partial charge in [-0.1, -0.05) is 18.0 Å². The highest BCUT2D eigenvalue weighted by Gasteiger charge is 2.44. The number of halogens is 1. The number of amides is 1. The van der Waals surface area contributed by atoms with E-state index in [1.807, 2.05) is 6.92 Å². The molecule has 1 aliphatic rings. The molecule has 0 aliphatic heterocycles. The van der Waals surface area contributed by atoms with E-state index in [1.165, 1.54) is 0 Å². The van der Waals surface area contributed by atoms with E-state index in [2.05, 4.69) is 5.32 Å². The minimum atomic E-state index is -0.832. The number of hydrogen-bond donors (Lipinski definition) is 2. The van der Waals surface area contributed by atoms with Crippen LogP contribution in [0.2, 0.25) is 5.02 Å². The van der Waals surface area contributed by atoms with Gasteiger partial charge in [0, 0.05) is 17.1 Å². The van der Waals surface area contributed by atoms with Crippen molar-refractivity contribution < 1.29 is 14.7 Å². The minimum Gasteiger partial charge on any atom is -0.481 e. The molecule has 0 bridgehead atoms. The van der Waals surface area contributed by atoms with Gasteiger partial charge in [0.1, 0.15) is 0 Å². The van der Waals surface area contributed by atoms with Crippen LogP contribution in [0.1, 0.15) is 35.2 Å². The molecule has 2 N–H and O–H groups in total. The summed E-state index contributed by atoms with van der Waals surface area (Å²) in [5, 5.41) is 12.4. The first-order chi connectivity index (χ1) is 8.93. The van der Waals surface area contributed by atoms with Gasteiger partial charge < -0.3 is 10.4 Å². The van der Waals surface area contributed by atoms with Crippen molar-refractivity contribution in [3.8, 4) is 0 Å². The second-order valence-corrected chi connectivity index (χ2v) is 5.58. The third-order valence-electron chi connectivity index (χ3n) is 3.66. The predicted molar refractivity (Wildman–Crippen MR) is 72.4 cm³/mol. The Bertz CT molecular complexity index is 503. The van der Waals surface area contributed by atoms with Gasteiger partial charge in [0.05, 0.1) is 5.41 Å².